The Hall–Kier alpha value is -4.02. The molecule has 0 saturated carbocycles. The summed E-state index contributed by atoms with van der Waals surface area (Å²) in [4.78, 5) is 32.6. The number of nitrogens with one attached hydrogen (secondary N) is 1. The summed E-state index contributed by atoms with van der Waals surface area (Å²) in [6, 6.07) is 12.2. The van der Waals surface area contributed by atoms with E-state index in [1.807, 2.05) is 35.0 Å². The van der Waals surface area contributed by atoms with Gasteiger partial charge in [0.1, 0.15) is 17.5 Å². The summed E-state index contributed by atoms with van der Waals surface area (Å²) in [6.45, 7) is 4.60. The van der Waals surface area contributed by atoms with Crippen molar-refractivity contribution in [3.05, 3.63) is 78.0 Å². The van der Waals surface area contributed by atoms with E-state index < -0.39 is 6.10 Å². The average Bonchev–Trinajstić information content (AvgIpc) is 3.35. The van der Waals surface area contributed by atoms with Gasteiger partial charge in [-0.25, -0.2) is 9.67 Å². The molecule has 2 N–H and O–H groups in total. The van der Waals surface area contributed by atoms with Gasteiger partial charge in [0, 0.05) is 62.8 Å². The third-order valence-electron chi connectivity index (χ3n) is 7.09. The first-order valence-electron chi connectivity index (χ1n) is 12.5. The molecule has 1 unspecified atom stereocenters. The van der Waals surface area contributed by atoms with Crippen LogP contribution >= 0.6 is 0 Å². The highest BCUT2D eigenvalue weighted by atomic mass is 16.3. The molecule has 5 heterocycles. The molecule has 1 aromatic carbocycles. The maximum Gasteiger partial charge on any atom is 0.271 e. The lowest BCUT2D eigenvalue weighted by Gasteiger charge is -2.30. The number of nitrogens with zero attached hydrogens (tertiary/aromatic N) is 6. The van der Waals surface area contributed by atoms with Crippen LogP contribution in [-0.4, -0.2) is 78.2 Å². The molecule has 6 rings (SSSR count). The van der Waals surface area contributed by atoms with Crippen molar-refractivity contribution < 1.29 is 14.7 Å². The van der Waals surface area contributed by atoms with E-state index in [0.29, 0.717) is 24.4 Å². The minimum absolute atomic E-state index is 0.0143. The zero-order valence-electron chi connectivity index (χ0n) is 20.6. The van der Waals surface area contributed by atoms with E-state index in [-0.39, 0.29) is 24.5 Å². The summed E-state index contributed by atoms with van der Waals surface area (Å²) in [7, 11) is 0. The van der Waals surface area contributed by atoms with Crippen molar-refractivity contribution in [1.29, 1.82) is 0 Å². The molecule has 1 fully saturated rings. The van der Waals surface area contributed by atoms with Crippen LogP contribution in [0.1, 0.15) is 34.7 Å². The van der Waals surface area contributed by atoms with Crippen LogP contribution < -0.4 is 5.32 Å². The number of aliphatic hydroxyl groups is 1. The Kier molecular flexibility index (Phi) is 5.97. The lowest BCUT2D eigenvalue weighted by molar-refractivity contribution is -0.124. The highest BCUT2D eigenvalue weighted by Gasteiger charge is 2.38. The normalized spacial score (nSPS) is 18.0. The highest BCUT2D eigenvalue weighted by Crippen LogP contribution is 2.30. The van der Waals surface area contributed by atoms with Crippen molar-refractivity contribution in [3.63, 3.8) is 0 Å². The lowest BCUT2D eigenvalue weighted by atomic mass is 10.00. The third-order valence-corrected chi connectivity index (χ3v) is 7.09. The lowest BCUT2D eigenvalue weighted by Crippen LogP contribution is -2.42. The minimum atomic E-state index is -0.667. The molecular weight excluding hydrogens is 470 g/mol. The summed E-state index contributed by atoms with van der Waals surface area (Å²) >= 11 is 0. The van der Waals surface area contributed by atoms with Crippen LogP contribution in [0.25, 0.3) is 16.8 Å². The molecule has 1 saturated heterocycles. The molecular formula is C27H29N7O3. The Balaban J connectivity index is 1.06. The van der Waals surface area contributed by atoms with Crippen LogP contribution in [-0.2, 0) is 17.8 Å². The summed E-state index contributed by atoms with van der Waals surface area (Å²) in [5.74, 6) is -0.281. The fourth-order valence-corrected chi connectivity index (χ4v) is 4.99. The van der Waals surface area contributed by atoms with Gasteiger partial charge in [0.05, 0.1) is 18.8 Å². The molecule has 190 valence electrons. The molecule has 0 spiro atoms. The number of benzene rings is 1. The maximum atomic E-state index is 12.7. The van der Waals surface area contributed by atoms with E-state index in [9.17, 15) is 14.7 Å². The number of carbonyl (C=O) groups excluding carboxylic acids is 2. The SMILES string of the molecule is CC(=O)N1CC1n1cc(-c2ccc3nc(C(=O)NC[C@H](O)CN4CCc5ccccc5C4)cn3c2)cn1. The zero-order valence-corrected chi connectivity index (χ0v) is 20.6. The Morgan fingerprint density at radius 2 is 1.95 bits per heavy atom. The smallest absolute Gasteiger partial charge is 0.271 e. The van der Waals surface area contributed by atoms with Crippen LogP contribution in [0.2, 0.25) is 0 Å². The molecule has 2 aliphatic heterocycles. The van der Waals surface area contributed by atoms with Crippen molar-refractivity contribution in [1.82, 2.24) is 34.3 Å². The molecule has 10 nitrogen and oxygen atoms in total. The van der Waals surface area contributed by atoms with E-state index in [1.54, 1.807) is 28.9 Å². The summed E-state index contributed by atoms with van der Waals surface area (Å²) in [5.41, 5.74) is 5.46. The van der Waals surface area contributed by atoms with Gasteiger partial charge in [0.15, 0.2) is 0 Å². The van der Waals surface area contributed by atoms with Gasteiger partial charge in [-0.1, -0.05) is 24.3 Å². The van der Waals surface area contributed by atoms with Crippen LogP contribution in [0, 0.1) is 0 Å². The van der Waals surface area contributed by atoms with E-state index in [1.165, 1.54) is 11.1 Å². The van der Waals surface area contributed by atoms with Gasteiger partial charge in [-0.15, -0.1) is 0 Å². The number of pyridine rings is 1. The van der Waals surface area contributed by atoms with Crippen LogP contribution in [0.5, 0.6) is 0 Å². The van der Waals surface area contributed by atoms with E-state index >= 15 is 0 Å². The number of rotatable bonds is 7. The highest BCUT2D eigenvalue weighted by molar-refractivity contribution is 5.93. The van der Waals surface area contributed by atoms with Crippen molar-refractivity contribution in [2.24, 2.45) is 0 Å². The Morgan fingerprint density at radius 3 is 2.76 bits per heavy atom. The van der Waals surface area contributed by atoms with Crippen molar-refractivity contribution in [2.75, 3.05) is 26.2 Å². The second-order valence-electron chi connectivity index (χ2n) is 9.79. The van der Waals surface area contributed by atoms with E-state index in [0.717, 1.165) is 30.6 Å². The Bertz CT molecular complexity index is 1480. The topological polar surface area (TPSA) is 108 Å². The molecule has 10 heteroatoms. The van der Waals surface area contributed by atoms with Gasteiger partial charge in [-0.05, 0) is 29.7 Å². The van der Waals surface area contributed by atoms with E-state index in [4.69, 9.17) is 0 Å². The zero-order chi connectivity index (χ0) is 25.5. The number of β-amino-alcohol motifs (C(OH)–C–C–N with tert-alkyl or cyclic N) is 1. The predicted octanol–water partition coefficient (Wildman–Crippen LogP) is 1.71. The molecule has 2 amide bonds. The predicted molar refractivity (Wildman–Crippen MR) is 137 cm³/mol. The number of aliphatic hydroxyl groups excluding tert-OH is 1. The summed E-state index contributed by atoms with van der Waals surface area (Å²) in [6.07, 6.45) is 7.56. The van der Waals surface area contributed by atoms with Crippen LogP contribution in [0.3, 0.4) is 0 Å². The Morgan fingerprint density at radius 1 is 1.11 bits per heavy atom. The Labute approximate surface area is 214 Å². The fraction of sp³-hybridized carbons (Fsp3) is 0.333. The first-order chi connectivity index (χ1) is 17.9. The van der Waals surface area contributed by atoms with Crippen molar-refractivity contribution in [2.45, 2.75) is 32.2 Å². The minimum Gasteiger partial charge on any atom is -0.390 e. The van der Waals surface area contributed by atoms with Crippen LogP contribution in [0.4, 0.5) is 0 Å². The monoisotopic (exact) mass is 499 g/mol. The molecule has 2 atom stereocenters. The van der Waals surface area contributed by atoms with Gasteiger partial charge in [-0.2, -0.15) is 5.10 Å². The maximum absolute atomic E-state index is 12.7. The number of hydrogen-bond donors (Lipinski definition) is 2. The van der Waals surface area contributed by atoms with Gasteiger partial charge in [0.25, 0.3) is 5.91 Å². The first kappa shape index (κ1) is 23.4. The van der Waals surface area contributed by atoms with Gasteiger partial charge >= 0.3 is 0 Å². The second kappa shape index (κ2) is 9.45. The number of fused-ring (bicyclic) bond motifs is 2. The average molecular weight is 500 g/mol. The first-order valence-corrected chi connectivity index (χ1v) is 12.5. The third kappa shape index (κ3) is 4.85. The van der Waals surface area contributed by atoms with Gasteiger partial charge in [-0.3, -0.25) is 14.5 Å². The number of hydrogen-bond acceptors (Lipinski definition) is 6. The van der Waals surface area contributed by atoms with E-state index in [2.05, 4.69) is 38.5 Å². The fourth-order valence-electron chi connectivity index (χ4n) is 4.99. The standard InChI is InChI=1S/C27H29N7O3/c1-18(35)33-17-26(33)34-14-22(10-29-34)21-6-7-25-30-24(16-32(25)13-21)27(37)28-11-23(36)15-31-9-8-19-4-2-3-5-20(19)12-31/h2-7,10,13-14,16,23,26,36H,8-9,11-12,15,17H2,1H3,(H,28,37)/t23-,26?,33?/m0/s1. The number of carbonyl (C=O) groups is 2. The number of amides is 2. The number of aromatic nitrogens is 4. The van der Waals surface area contributed by atoms with Crippen LogP contribution in [0.15, 0.2) is 61.2 Å². The molecule has 2 aliphatic rings. The molecule has 3 aromatic heterocycles. The summed E-state index contributed by atoms with van der Waals surface area (Å²) < 4.78 is 3.60. The molecule has 37 heavy (non-hydrogen) atoms. The largest absolute Gasteiger partial charge is 0.390 e. The molecule has 4 aromatic rings. The van der Waals surface area contributed by atoms with Gasteiger partial charge < -0.3 is 19.7 Å². The summed E-state index contributed by atoms with van der Waals surface area (Å²) in [5, 5.41) is 17.7. The van der Waals surface area contributed by atoms with Crippen molar-refractivity contribution in [3.8, 4) is 11.1 Å². The van der Waals surface area contributed by atoms with Crippen molar-refractivity contribution >= 4 is 17.5 Å². The van der Waals surface area contributed by atoms with Gasteiger partial charge in [0.2, 0.25) is 5.91 Å². The quantitative estimate of drug-likeness (QED) is 0.375. The second-order valence-corrected chi connectivity index (χ2v) is 9.79. The molecule has 0 aliphatic carbocycles. The number of imidazole rings is 1. The molecule has 0 bridgehead atoms. The molecule has 0 radical (unpaired) electrons.